The van der Waals surface area contributed by atoms with Crippen LogP contribution in [0.5, 0.6) is 0 Å². The summed E-state index contributed by atoms with van der Waals surface area (Å²) in [6.07, 6.45) is 2.13. The molecular formula is C24H32N4O2. The number of carbonyl (C=O) groups excluding carboxylic acids is 1. The molecule has 160 valence electrons. The summed E-state index contributed by atoms with van der Waals surface area (Å²) in [5, 5.41) is 7.72. The number of aromatic nitrogens is 3. The van der Waals surface area contributed by atoms with Crippen LogP contribution < -0.4 is 5.32 Å². The third-order valence-electron chi connectivity index (χ3n) is 5.26. The lowest BCUT2D eigenvalue weighted by Gasteiger charge is -2.12. The molecule has 3 rings (SSSR count). The van der Waals surface area contributed by atoms with Gasteiger partial charge < -0.3 is 10.1 Å². The second-order valence-corrected chi connectivity index (χ2v) is 7.95. The van der Waals surface area contributed by atoms with E-state index in [9.17, 15) is 4.79 Å². The summed E-state index contributed by atoms with van der Waals surface area (Å²) in [5.74, 6) is 0.0556. The Morgan fingerprint density at radius 1 is 1.13 bits per heavy atom. The van der Waals surface area contributed by atoms with Crippen LogP contribution in [-0.2, 0) is 16.0 Å². The largest absolute Gasteiger partial charge is 0.379 e. The van der Waals surface area contributed by atoms with Crippen LogP contribution in [0, 0.1) is 20.8 Å². The standard InChI is InChI=1S/C24H32N4O2/c1-16(2)30-15-9-14-25-22(29)13-12-21-17(3)26-24-23(20-10-7-6-8-11-20)18(4)27-28(24)19(21)5/h6-8,10-11,16H,9,12-15H2,1-5H3,(H,25,29). The molecule has 2 heterocycles. The molecule has 0 aliphatic carbocycles. The van der Waals surface area contributed by atoms with Gasteiger partial charge >= 0.3 is 0 Å². The van der Waals surface area contributed by atoms with Crippen molar-refractivity contribution in [3.8, 4) is 11.1 Å². The van der Waals surface area contributed by atoms with E-state index in [2.05, 4.69) is 24.4 Å². The minimum atomic E-state index is 0.0556. The molecule has 0 saturated carbocycles. The smallest absolute Gasteiger partial charge is 0.220 e. The molecular weight excluding hydrogens is 376 g/mol. The van der Waals surface area contributed by atoms with Crippen molar-refractivity contribution in [2.75, 3.05) is 13.2 Å². The molecule has 0 aliphatic rings. The molecule has 0 bridgehead atoms. The summed E-state index contributed by atoms with van der Waals surface area (Å²) in [6, 6.07) is 10.2. The molecule has 6 heteroatoms. The lowest BCUT2D eigenvalue weighted by atomic mass is 10.0. The van der Waals surface area contributed by atoms with E-state index >= 15 is 0 Å². The van der Waals surface area contributed by atoms with E-state index in [-0.39, 0.29) is 12.0 Å². The van der Waals surface area contributed by atoms with Gasteiger partial charge in [0.1, 0.15) is 0 Å². The van der Waals surface area contributed by atoms with Crippen molar-refractivity contribution < 1.29 is 9.53 Å². The summed E-state index contributed by atoms with van der Waals surface area (Å²) in [5.41, 5.74) is 7.08. The third kappa shape index (κ3) is 5.05. The number of rotatable bonds is 9. The van der Waals surface area contributed by atoms with E-state index < -0.39 is 0 Å². The van der Waals surface area contributed by atoms with Crippen molar-refractivity contribution >= 4 is 11.6 Å². The van der Waals surface area contributed by atoms with Crippen LogP contribution in [0.1, 0.15) is 49.3 Å². The van der Waals surface area contributed by atoms with Crippen molar-refractivity contribution in [3.05, 3.63) is 53.0 Å². The molecule has 0 fully saturated rings. The lowest BCUT2D eigenvalue weighted by Crippen LogP contribution is -2.26. The van der Waals surface area contributed by atoms with E-state index in [0.717, 1.165) is 45.8 Å². The van der Waals surface area contributed by atoms with E-state index in [0.29, 0.717) is 26.0 Å². The summed E-state index contributed by atoms with van der Waals surface area (Å²) in [4.78, 5) is 17.1. The highest BCUT2D eigenvalue weighted by molar-refractivity contribution is 5.80. The van der Waals surface area contributed by atoms with Crippen LogP contribution in [0.15, 0.2) is 30.3 Å². The van der Waals surface area contributed by atoms with Gasteiger partial charge in [-0.05, 0) is 58.6 Å². The molecule has 30 heavy (non-hydrogen) atoms. The van der Waals surface area contributed by atoms with E-state index in [4.69, 9.17) is 14.8 Å². The summed E-state index contributed by atoms with van der Waals surface area (Å²) in [7, 11) is 0. The van der Waals surface area contributed by atoms with E-state index in [1.54, 1.807) is 0 Å². The van der Waals surface area contributed by atoms with Gasteiger partial charge in [0.25, 0.3) is 0 Å². The number of hydrogen-bond donors (Lipinski definition) is 1. The summed E-state index contributed by atoms with van der Waals surface area (Å²) < 4.78 is 7.42. The van der Waals surface area contributed by atoms with Crippen LogP contribution in [0.3, 0.4) is 0 Å². The third-order valence-corrected chi connectivity index (χ3v) is 5.26. The molecule has 1 aromatic carbocycles. The van der Waals surface area contributed by atoms with Gasteiger partial charge in [-0.25, -0.2) is 9.50 Å². The normalized spacial score (nSPS) is 11.4. The Bertz CT molecular complexity index is 1010. The SMILES string of the molecule is Cc1nc2c(-c3ccccc3)c(C)nn2c(C)c1CCC(=O)NCCCOC(C)C. The molecule has 0 spiro atoms. The van der Waals surface area contributed by atoms with Crippen molar-refractivity contribution in [2.45, 2.75) is 60.0 Å². The second-order valence-electron chi connectivity index (χ2n) is 7.95. The number of ether oxygens (including phenoxy) is 1. The van der Waals surface area contributed by atoms with E-state index in [1.807, 2.05) is 50.4 Å². The van der Waals surface area contributed by atoms with Gasteiger partial charge in [0.15, 0.2) is 5.65 Å². The minimum absolute atomic E-state index is 0.0556. The molecule has 0 radical (unpaired) electrons. The van der Waals surface area contributed by atoms with Crippen LogP contribution in [0.25, 0.3) is 16.8 Å². The molecule has 3 aromatic rings. The van der Waals surface area contributed by atoms with Gasteiger partial charge in [0.05, 0.1) is 11.8 Å². The zero-order chi connectivity index (χ0) is 21.7. The number of aryl methyl sites for hydroxylation is 3. The van der Waals surface area contributed by atoms with Crippen molar-refractivity contribution in [1.82, 2.24) is 19.9 Å². The number of fused-ring (bicyclic) bond motifs is 1. The highest BCUT2D eigenvalue weighted by atomic mass is 16.5. The number of benzene rings is 1. The van der Waals surface area contributed by atoms with Crippen molar-refractivity contribution in [1.29, 1.82) is 0 Å². The highest BCUT2D eigenvalue weighted by Gasteiger charge is 2.18. The zero-order valence-corrected chi connectivity index (χ0v) is 18.7. The van der Waals surface area contributed by atoms with Gasteiger partial charge in [-0.3, -0.25) is 4.79 Å². The van der Waals surface area contributed by atoms with Gasteiger partial charge in [0.2, 0.25) is 5.91 Å². The van der Waals surface area contributed by atoms with Crippen molar-refractivity contribution in [2.24, 2.45) is 0 Å². The Kier molecular flexibility index (Phi) is 7.21. The first-order valence-corrected chi connectivity index (χ1v) is 10.7. The van der Waals surface area contributed by atoms with Crippen LogP contribution in [-0.4, -0.2) is 39.8 Å². The maximum atomic E-state index is 12.2. The maximum absolute atomic E-state index is 12.2. The molecule has 1 amide bonds. The summed E-state index contributed by atoms with van der Waals surface area (Å²) >= 11 is 0. The quantitative estimate of drug-likeness (QED) is 0.539. The fraction of sp³-hybridized carbons (Fsp3) is 0.458. The van der Waals surface area contributed by atoms with Crippen LogP contribution >= 0.6 is 0 Å². The molecule has 0 atom stereocenters. The number of nitrogens with one attached hydrogen (secondary N) is 1. The average Bonchev–Trinajstić information content (AvgIpc) is 3.04. The lowest BCUT2D eigenvalue weighted by molar-refractivity contribution is -0.121. The number of hydrogen-bond acceptors (Lipinski definition) is 4. The molecule has 2 aromatic heterocycles. The topological polar surface area (TPSA) is 68.5 Å². The Morgan fingerprint density at radius 2 is 1.87 bits per heavy atom. The van der Waals surface area contributed by atoms with Gasteiger partial charge in [-0.1, -0.05) is 30.3 Å². The second kappa shape index (κ2) is 9.85. The zero-order valence-electron chi connectivity index (χ0n) is 18.7. The Hall–Kier alpha value is -2.73. The Balaban J connectivity index is 1.71. The predicted molar refractivity (Wildman–Crippen MR) is 120 cm³/mol. The minimum Gasteiger partial charge on any atom is -0.379 e. The molecule has 0 unspecified atom stereocenters. The molecule has 0 aliphatic heterocycles. The summed E-state index contributed by atoms with van der Waals surface area (Å²) in [6.45, 7) is 11.4. The Labute approximate surface area is 178 Å². The van der Waals surface area contributed by atoms with Crippen LogP contribution in [0.2, 0.25) is 0 Å². The Morgan fingerprint density at radius 3 is 2.57 bits per heavy atom. The number of amides is 1. The molecule has 0 saturated heterocycles. The molecule has 6 nitrogen and oxygen atoms in total. The first-order chi connectivity index (χ1) is 14.4. The first kappa shape index (κ1) is 22.0. The monoisotopic (exact) mass is 408 g/mol. The number of nitrogens with zero attached hydrogens (tertiary/aromatic N) is 3. The fourth-order valence-electron chi connectivity index (χ4n) is 3.72. The highest BCUT2D eigenvalue weighted by Crippen LogP contribution is 2.29. The van der Waals surface area contributed by atoms with E-state index in [1.165, 1.54) is 0 Å². The maximum Gasteiger partial charge on any atom is 0.220 e. The first-order valence-electron chi connectivity index (χ1n) is 10.7. The van der Waals surface area contributed by atoms with Gasteiger partial charge in [-0.15, -0.1) is 0 Å². The van der Waals surface area contributed by atoms with Crippen molar-refractivity contribution in [3.63, 3.8) is 0 Å². The van der Waals surface area contributed by atoms with Crippen LogP contribution in [0.4, 0.5) is 0 Å². The fourth-order valence-corrected chi connectivity index (χ4v) is 3.72. The predicted octanol–water partition coefficient (Wildman–Crippen LogP) is 4.19. The number of carbonyl (C=O) groups is 1. The van der Waals surface area contributed by atoms with Gasteiger partial charge in [-0.2, -0.15) is 5.10 Å². The average molecular weight is 409 g/mol. The molecule has 1 N–H and O–H groups in total. The van der Waals surface area contributed by atoms with Gasteiger partial charge in [0, 0.05) is 36.5 Å².